The van der Waals surface area contributed by atoms with Crippen LogP contribution < -0.4 is 5.32 Å². The Morgan fingerprint density at radius 1 is 1.52 bits per heavy atom. The fraction of sp³-hybridized carbons (Fsp3) is 0.400. The van der Waals surface area contributed by atoms with Crippen LogP contribution in [0.15, 0.2) is 30.6 Å². The van der Waals surface area contributed by atoms with Crippen LogP contribution >= 0.6 is 0 Å². The first-order valence-electron chi connectivity index (χ1n) is 7.19. The van der Waals surface area contributed by atoms with Gasteiger partial charge in [0.25, 0.3) is 5.91 Å². The number of H-pyrrole nitrogens is 1. The molecule has 3 rings (SSSR count). The van der Waals surface area contributed by atoms with Gasteiger partial charge in [0, 0.05) is 19.8 Å². The van der Waals surface area contributed by atoms with Crippen molar-refractivity contribution in [3.05, 3.63) is 47.5 Å². The predicted octanol–water partition coefficient (Wildman–Crippen LogP) is 1.50. The van der Waals surface area contributed by atoms with Crippen molar-refractivity contribution in [3.63, 3.8) is 0 Å². The van der Waals surface area contributed by atoms with E-state index in [0.29, 0.717) is 5.56 Å². The van der Waals surface area contributed by atoms with Gasteiger partial charge in [-0.1, -0.05) is 6.07 Å². The smallest absolute Gasteiger partial charge is 0.254 e. The first kappa shape index (κ1) is 13.8. The summed E-state index contributed by atoms with van der Waals surface area (Å²) in [5, 5.41) is 9.72. The molecule has 110 valence electrons. The summed E-state index contributed by atoms with van der Waals surface area (Å²) in [7, 11) is 1.64. The summed E-state index contributed by atoms with van der Waals surface area (Å²) >= 11 is 0. The van der Waals surface area contributed by atoms with E-state index in [9.17, 15) is 4.79 Å². The molecule has 6 heteroatoms. The predicted molar refractivity (Wildman–Crippen MR) is 78.6 cm³/mol. The monoisotopic (exact) mass is 285 g/mol. The number of amides is 1. The van der Waals surface area contributed by atoms with Crippen LogP contribution in [-0.4, -0.2) is 39.6 Å². The van der Waals surface area contributed by atoms with Crippen molar-refractivity contribution in [1.29, 1.82) is 0 Å². The number of hydrogen-bond acceptors (Lipinski definition) is 4. The molecule has 1 saturated heterocycles. The number of nitrogens with zero attached hydrogens (tertiary/aromatic N) is 3. The van der Waals surface area contributed by atoms with Gasteiger partial charge in [-0.25, -0.2) is 0 Å². The second kappa shape index (κ2) is 6.05. The van der Waals surface area contributed by atoms with Crippen molar-refractivity contribution in [2.75, 3.05) is 13.6 Å². The third-order valence-electron chi connectivity index (χ3n) is 3.93. The molecule has 0 aromatic carbocycles. The Kier molecular flexibility index (Phi) is 3.96. The molecule has 21 heavy (non-hydrogen) atoms. The van der Waals surface area contributed by atoms with Crippen molar-refractivity contribution in [1.82, 2.24) is 25.4 Å². The van der Waals surface area contributed by atoms with E-state index in [1.54, 1.807) is 13.2 Å². The van der Waals surface area contributed by atoms with Gasteiger partial charge in [0.05, 0.1) is 29.2 Å². The lowest BCUT2D eigenvalue weighted by atomic mass is 10.1. The van der Waals surface area contributed by atoms with Gasteiger partial charge in [0.1, 0.15) is 0 Å². The van der Waals surface area contributed by atoms with Crippen LogP contribution in [0.25, 0.3) is 0 Å². The number of nitrogens with one attached hydrogen (secondary N) is 2. The zero-order valence-electron chi connectivity index (χ0n) is 12.0. The first-order chi connectivity index (χ1) is 10.3. The van der Waals surface area contributed by atoms with Gasteiger partial charge >= 0.3 is 0 Å². The van der Waals surface area contributed by atoms with Gasteiger partial charge in [0.15, 0.2) is 0 Å². The summed E-state index contributed by atoms with van der Waals surface area (Å²) in [6.45, 7) is 1.80. The van der Waals surface area contributed by atoms with Crippen molar-refractivity contribution in [3.8, 4) is 0 Å². The van der Waals surface area contributed by atoms with Gasteiger partial charge in [-0.15, -0.1) is 0 Å². The SMILES string of the molecule is CNC(=O)c1cn[nH]c1[C@H]1CCCN1Cc1ccccn1. The molecule has 0 saturated carbocycles. The Balaban J connectivity index is 1.81. The Bertz CT molecular complexity index is 610. The second-order valence-corrected chi connectivity index (χ2v) is 5.23. The number of aromatic amines is 1. The molecule has 0 radical (unpaired) electrons. The second-order valence-electron chi connectivity index (χ2n) is 5.23. The minimum Gasteiger partial charge on any atom is -0.355 e. The fourth-order valence-electron chi connectivity index (χ4n) is 2.91. The Labute approximate surface area is 123 Å². The molecule has 0 spiro atoms. The van der Waals surface area contributed by atoms with Gasteiger partial charge in [0.2, 0.25) is 0 Å². The molecule has 6 nitrogen and oxygen atoms in total. The summed E-state index contributed by atoms with van der Waals surface area (Å²) in [5.74, 6) is -0.0940. The molecule has 1 amide bonds. The Hall–Kier alpha value is -2.21. The number of carbonyl (C=O) groups is 1. The minimum atomic E-state index is -0.0940. The molecule has 1 aliphatic heterocycles. The van der Waals surface area contributed by atoms with Gasteiger partial charge in [-0.2, -0.15) is 5.10 Å². The molecule has 1 fully saturated rings. The van der Waals surface area contributed by atoms with E-state index >= 15 is 0 Å². The number of aromatic nitrogens is 3. The van der Waals surface area contributed by atoms with Crippen LogP contribution in [0, 0.1) is 0 Å². The van der Waals surface area contributed by atoms with E-state index in [0.717, 1.165) is 37.3 Å². The Morgan fingerprint density at radius 3 is 3.19 bits per heavy atom. The number of pyridine rings is 1. The summed E-state index contributed by atoms with van der Waals surface area (Å²) in [4.78, 5) is 18.6. The summed E-state index contributed by atoms with van der Waals surface area (Å²) in [6.07, 6.45) is 5.56. The minimum absolute atomic E-state index is 0.0940. The van der Waals surface area contributed by atoms with Crippen molar-refractivity contribution < 1.29 is 4.79 Å². The maximum absolute atomic E-state index is 11.9. The van der Waals surface area contributed by atoms with Crippen molar-refractivity contribution in [2.24, 2.45) is 0 Å². The molecule has 2 aromatic heterocycles. The highest BCUT2D eigenvalue weighted by Gasteiger charge is 2.30. The van der Waals surface area contributed by atoms with E-state index in [1.807, 2.05) is 24.4 Å². The average Bonchev–Trinajstić information content (AvgIpc) is 3.16. The number of likely N-dealkylation sites (tertiary alicyclic amines) is 1. The average molecular weight is 285 g/mol. The molecule has 0 unspecified atom stereocenters. The number of hydrogen-bond donors (Lipinski definition) is 2. The third kappa shape index (κ3) is 2.80. The lowest BCUT2D eigenvalue weighted by Crippen LogP contribution is -2.26. The highest BCUT2D eigenvalue weighted by molar-refractivity contribution is 5.95. The largest absolute Gasteiger partial charge is 0.355 e. The standard InChI is InChI=1S/C15H19N5O/c1-16-15(21)12-9-18-19-14(12)13-6-4-8-20(13)10-11-5-2-3-7-17-11/h2-3,5,7,9,13H,4,6,8,10H2,1H3,(H,16,21)(H,18,19)/t13-/m1/s1. The van der Waals surface area contributed by atoms with E-state index in [2.05, 4.69) is 25.4 Å². The molecular formula is C15H19N5O. The topological polar surface area (TPSA) is 73.9 Å². The van der Waals surface area contributed by atoms with Crippen LogP contribution in [0.1, 0.15) is 40.6 Å². The molecule has 1 atom stereocenters. The molecule has 1 aliphatic rings. The summed E-state index contributed by atoms with van der Waals surface area (Å²) in [5.41, 5.74) is 2.59. The summed E-state index contributed by atoms with van der Waals surface area (Å²) < 4.78 is 0. The van der Waals surface area contributed by atoms with Crippen LogP contribution in [0.4, 0.5) is 0 Å². The molecule has 0 aliphatic carbocycles. The lowest BCUT2D eigenvalue weighted by molar-refractivity contribution is 0.0960. The van der Waals surface area contributed by atoms with Crippen molar-refractivity contribution >= 4 is 5.91 Å². The normalized spacial score (nSPS) is 18.8. The highest BCUT2D eigenvalue weighted by Crippen LogP contribution is 2.33. The molecule has 3 heterocycles. The fourth-order valence-corrected chi connectivity index (χ4v) is 2.91. The maximum Gasteiger partial charge on any atom is 0.254 e. The van der Waals surface area contributed by atoms with E-state index in [4.69, 9.17) is 0 Å². The molecule has 2 N–H and O–H groups in total. The van der Waals surface area contributed by atoms with Crippen LogP contribution in [0.5, 0.6) is 0 Å². The van der Waals surface area contributed by atoms with Gasteiger partial charge in [-0.3, -0.25) is 19.8 Å². The third-order valence-corrected chi connectivity index (χ3v) is 3.93. The van der Waals surface area contributed by atoms with Crippen LogP contribution in [-0.2, 0) is 6.54 Å². The van der Waals surface area contributed by atoms with E-state index in [1.165, 1.54) is 0 Å². The number of rotatable bonds is 4. The highest BCUT2D eigenvalue weighted by atomic mass is 16.1. The Morgan fingerprint density at radius 2 is 2.43 bits per heavy atom. The van der Waals surface area contributed by atoms with Crippen LogP contribution in [0.2, 0.25) is 0 Å². The van der Waals surface area contributed by atoms with E-state index in [-0.39, 0.29) is 11.9 Å². The molecule has 0 bridgehead atoms. The molecule has 2 aromatic rings. The van der Waals surface area contributed by atoms with Gasteiger partial charge in [-0.05, 0) is 31.5 Å². The van der Waals surface area contributed by atoms with Gasteiger partial charge < -0.3 is 5.32 Å². The number of carbonyl (C=O) groups excluding carboxylic acids is 1. The maximum atomic E-state index is 11.9. The molecular weight excluding hydrogens is 266 g/mol. The summed E-state index contributed by atoms with van der Waals surface area (Å²) in [6, 6.07) is 6.15. The van der Waals surface area contributed by atoms with E-state index < -0.39 is 0 Å². The zero-order valence-corrected chi connectivity index (χ0v) is 12.0. The van der Waals surface area contributed by atoms with Crippen molar-refractivity contribution in [2.45, 2.75) is 25.4 Å². The lowest BCUT2D eigenvalue weighted by Gasteiger charge is -2.23. The quantitative estimate of drug-likeness (QED) is 0.893. The first-order valence-corrected chi connectivity index (χ1v) is 7.19. The van der Waals surface area contributed by atoms with Crippen LogP contribution in [0.3, 0.4) is 0 Å². The zero-order chi connectivity index (χ0) is 14.7.